The minimum atomic E-state index is 0.216. The average Bonchev–Trinajstić information content (AvgIpc) is 2.39. The second-order valence-electron chi connectivity index (χ2n) is 5.97. The topological polar surface area (TPSA) is 29.3 Å². The van der Waals surface area contributed by atoms with Gasteiger partial charge in [0.1, 0.15) is 0 Å². The molecule has 2 rings (SSSR count). The highest BCUT2D eigenvalue weighted by Crippen LogP contribution is 2.36. The van der Waals surface area contributed by atoms with Crippen LogP contribution in [0.4, 0.5) is 0 Å². The molecule has 100 valence electrons. The van der Waals surface area contributed by atoms with Gasteiger partial charge in [-0.2, -0.15) is 0 Å². The standard InChI is InChI=1S/C16H26N2/c1-14-7-6-10-16(11-14,13-17)18(2)12-15-8-4-3-5-9-15/h3-5,8-9,14H,6-7,10-13,17H2,1-2H3. The van der Waals surface area contributed by atoms with Gasteiger partial charge in [-0.15, -0.1) is 0 Å². The van der Waals surface area contributed by atoms with Crippen molar-refractivity contribution in [2.24, 2.45) is 11.7 Å². The van der Waals surface area contributed by atoms with Crippen LogP contribution in [0.1, 0.15) is 38.2 Å². The molecule has 0 aromatic heterocycles. The van der Waals surface area contributed by atoms with Gasteiger partial charge in [-0.3, -0.25) is 4.90 Å². The van der Waals surface area contributed by atoms with Crippen molar-refractivity contribution < 1.29 is 0 Å². The predicted octanol–water partition coefficient (Wildman–Crippen LogP) is 3.03. The maximum Gasteiger partial charge on any atom is 0.0334 e. The summed E-state index contributed by atoms with van der Waals surface area (Å²) in [5.41, 5.74) is 7.71. The Hall–Kier alpha value is -0.860. The second-order valence-corrected chi connectivity index (χ2v) is 5.97. The first-order valence-electron chi connectivity index (χ1n) is 7.11. The fraction of sp³-hybridized carbons (Fsp3) is 0.625. The van der Waals surface area contributed by atoms with Crippen molar-refractivity contribution in [2.75, 3.05) is 13.6 Å². The van der Waals surface area contributed by atoms with Crippen LogP contribution in [0.5, 0.6) is 0 Å². The summed E-state index contributed by atoms with van der Waals surface area (Å²) in [4.78, 5) is 2.48. The molecular weight excluding hydrogens is 220 g/mol. The normalized spacial score (nSPS) is 28.6. The van der Waals surface area contributed by atoms with Gasteiger partial charge < -0.3 is 5.73 Å². The van der Waals surface area contributed by atoms with Gasteiger partial charge in [0, 0.05) is 18.6 Å². The maximum absolute atomic E-state index is 6.11. The first-order valence-corrected chi connectivity index (χ1v) is 7.11. The van der Waals surface area contributed by atoms with Crippen LogP contribution >= 0.6 is 0 Å². The van der Waals surface area contributed by atoms with E-state index >= 15 is 0 Å². The number of hydrogen-bond acceptors (Lipinski definition) is 2. The summed E-state index contributed by atoms with van der Waals surface area (Å²) in [7, 11) is 2.23. The Labute approximate surface area is 111 Å². The largest absolute Gasteiger partial charge is 0.329 e. The molecule has 0 spiro atoms. The zero-order valence-corrected chi connectivity index (χ0v) is 11.7. The van der Waals surface area contributed by atoms with E-state index in [1.165, 1.54) is 31.2 Å². The van der Waals surface area contributed by atoms with Gasteiger partial charge in [0.05, 0.1) is 0 Å². The van der Waals surface area contributed by atoms with E-state index in [-0.39, 0.29) is 5.54 Å². The van der Waals surface area contributed by atoms with Crippen LogP contribution in [0, 0.1) is 5.92 Å². The Bertz CT molecular complexity index is 363. The van der Waals surface area contributed by atoms with Crippen molar-refractivity contribution in [1.29, 1.82) is 0 Å². The molecule has 1 saturated carbocycles. The number of hydrogen-bond donors (Lipinski definition) is 1. The number of rotatable bonds is 4. The summed E-state index contributed by atoms with van der Waals surface area (Å²) in [5.74, 6) is 0.806. The van der Waals surface area contributed by atoms with E-state index in [2.05, 4.69) is 49.2 Å². The van der Waals surface area contributed by atoms with Crippen molar-refractivity contribution in [3.63, 3.8) is 0 Å². The van der Waals surface area contributed by atoms with Crippen LogP contribution in [0.25, 0.3) is 0 Å². The first kappa shape index (κ1) is 13.6. The van der Waals surface area contributed by atoms with Gasteiger partial charge >= 0.3 is 0 Å². The van der Waals surface area contributed by atoms with Crippen LogP contribution in [0.15, 0.2) is 30.3 Å². The van der Waals surface area contributed by atoms with E-state index in [1.54, 1.807) is 0 Å². The quantitative estimate of drug-likeness (QED) is 0.885. The van der Waals surface area contributed by atoms with Crippen LogP contribution in [-0.4, -0.2) is 24.0 Å². The molecule has 2 N–H and O–H groups in total. The Balaban J connectivity index is 2.07. The fourth-order valence-electron chi connectivity index (χ4n) is 3.35. The summed E-state index contributed by atoms with van der Waals surface area (Å²) in [6, 6.07) is 10.7. The molecule has 2 unspecified atom stereocenters. The lowest BCUT2D eigenvalue weighted by Crippen LogP contribution is -2.54. The van der Waals surface area contributed by atoms with Gasteiger partial charge in [0.2, 0.25) is 0 Å². The minimum Gasteiger partial charge on any atom is -0.329 e. The molecule has 1 aliphatic rings. The molecule has 1 aromatic carbocycles. The molecule has 0 amide bonds. The molecular formula is C16H26N2. The molecule has 1 fully saturated rings. The lowest BCUT2D eigenvalue weighted by molar-refractivity contribution is 0.0554. The molecule has 2 atom stereocenters. The van der Waals surface area contributed by atoms with Crippen molar-refractivity contribution in [3.8, 4) is 0 Å². The molecule has 1 aromatic rings. The fourth-order valence-corrected chi connectivity index (χ4v) is 3.35. The highest BCUT2D eigenvalue weighted by atomic mass is 15.2. The van der Waals surface area contributed by atoms with Gasteiger partial charge in [-0.25, -0.2) is 0 Å². The Morgan fingerprint density at radius 2 is 2.06 bits per heavy atom. The van der Waals surface area contributed by atoms with Crippen molar-refractivity contribution >= 4 is 0 Å². The zero-order chi connectivity index (χ0) is 13.0. The molecule has 2 heteroatoms. The highest BCUT2D eigenvalue weighted by Gasteiger charge is 2.37. The molecule has 0 radical (unpaired) electrons. The van der Waals surface area contributed by atoms with Gasteiger partial charge in [0.15, 0.2) is 0 Å². The van der Waals surface area contributed by atoms with Crippen LogP contribution in [0.2, 0.25) is 0 Å². The minimum absolute atomic E-state index is 0.216. The van der Waals surface area contributed by atoms with E-state index in [4.69, 9.17) is 5.73 Å². The van der Waals surface area contributed by atoms with E-state index in [0.717, 1.165) is 19.0 Å². The summed E-state index contributed by atoms with van der Waals surface area (Å²) in [6.07, 6.45) is 5.17. The molecule has 0 heterocycles. The molecule has 18 heavy (non-hydrogen) atoms. The van der Waals surface area contributed by atoms with Crippen LogP contribution in [0.3, 0.4) is 0 Å². The molecule has 0 saturated heterocycles. The highest BCUT2D eigenvalue weighted by molar-refractivity contribution is 5.15. The third-order valence-electron chi connectivity index (χ3n) is 4.52. The Morgan fingerprint density at radius 1 is 1.33 bits per heavy atom. The summed E-state index contributed by atoms with van der Waals surface area (Å²) < 4.78 is 0. The van der Waals surface area contributed by atoms with E-state index in [9.17, 15) is 0 Å². The predicted molar refractivity (Wildman–Crippen MR) is 77.3 cm³/mol. The number of benzene rings is 1. The average molecular weight is 246 g/mol. The number of nitrogens with two attached hydrogens (primary N) is 1. The number of likely N-dealkylation sites (N-methyl/N-ethyl adjacent to an activating group) is 1. The molecule has 0 aliphatic heterocycles. The Morgan fingerprint density at radius 3 is 2.67 bits per heavy atom. The number of nitrogens with zero attached hydrogens (tertiary/aromatic N) is 1. The third-order valence-corrected chi connectivity index (χ3v) is 4.52. The Kier molecular flexibility index (Phi) is 4.41. The van der Waals surface area contributed by atoms with Crippen molar-refractivity contribution in [3.05, 3.63) is 35.9 Å². The monoisotopic (exact) mass is 246 g/mol. The van der Waals surface area contributed by atoms with E-state index in [1.807, 2.05) is 0 Å². The molecule has 1 aliphatic carbocycles. The molecule has 0 bridgehead atoms. The maximum atomic E-state index is 6.11. The lowest BCUT2D eigenvalue weighted by atomic mass is 9.75. The smallest absolute Gasteiger partial charge is 0.0334 e. The summed E-state index contributed by atoms with van der Waals surface area (Å²) in [5, 5.41) is 0. The van der Waals surface area contributed by atoms with Gasteiger partial charge in [-0.05, 0) is 31.4 Å². The lowest BCUT2D eigenvalue weighted by Gasteiger charge is -2.46. The summed E-state index contributed by atoms with van der Waals surface area (Å²) in [6.45, 7) is 4.14. The summed E-state index contributed by atoms with van der Waals surface area (Å²) >= 11 is 0. The van der Waals surface area contributed by atoms with Crippen molar-refractivity contribution in [1.82, 2.24) is 4.90 Å². The third kappa shape index (κ3) is 2.93. The van der Waals surface area contributed by atoms with Crippen molar-refractivity contribution in [2.45, 2.75) is 44.7 Å². The second kappa shape index (κ2) is 5.85. The van der Waals surface area contributed by atoms with E-state index < -0.39 is 0 Å². The van der Waals surface area contributed by atoms with Gasteiger partial charge in [0.25, 0.3) is 0 Å². The zero-order valence-electron chi connectivity index (χ0n) is 11.7. The van der Waals surface area contributed by atoms with Gasteiger partial charge in [-0.1, -0.05) is 50.1 Å². The van der Waals surface area contributed by atoms with E-state index in [0.29, 0.717) is 0 Å². The SMILES string of the molecule is CC1CCCC(CN)(N(C)Cc2ccccc2)C1. The molecule has 2 nitrogen and oxygen atoms in total. The van der Waals surface area contributed by atoms with Crippen LogP contribution < -0.4 is 5.73 Å². The first-order chi connectivity index (χ1) is 8.66. The van der Waals surface area contributed by atoms with Crippen LogP contribution in [-0.2, 0) is 6.54 Å².